The zero-order chi connectivity index (χ0) is 11.3. The zero-order valence-electron chi connectivity index (χ0n) is 7.88. The third-order valence-electron chi connectivity index (χ3n) is 1.73. The first-order valence-electron chi connectivity index (χ1n) is 4.29. The van der Waals surface area contributed by atoms with Gasteiger partial charge in [0, 0.05) is 6.42 Å². The summed E-state index contributed by atoms with van der Waals surface area (Å²) < 4.78 is 30.4. The van der Waals surface area contributed by atoms with E-state index in [2.05, 4.69) is 0 Å². The lowest BCUT2D eigenvalue weighted by atomic mass is 10.1. The fourth-order valence-electron chi connectivity index (χ4n) is 1.10. The molecular formula is C9H11NO4S. The Morgan fingerprint density at radius 2 is 1.87 bits per heavy atom. The van der Waals surface area contributed by atoms with Gasteiger partial charge in [0.15, 0.2) is 0 Å². The lowest BCUT2D eigenvalue weighted by Crippen LogP contribution is -2.29. The molecule has 0 bridgehead atoms. The molecule has 0 radical (unpaired) electrons. The Balaban J connectivity index is 2.42. The highest BCUT2D eigenvalue weighted by atomic mass is 32.2. The molecule has 0 saturated heterocycles. The molecule has 0 aliphatic rings. The zero-order valence-corrected chi connectivity index (χ0v) is 8.70. The summed E-state index contributed by atoms with van der Waals surface area (Å²) in [6, 6.07) is 9.18. The summed E-state index contributed by atoms with van der Waals surface area (Å²) in [5.41, 5.74) is 0.933. The van der Waals surface area contributed by atoms with Gasteiger partial charge in [-0.25, -0.2) is 4.72 Å². The maximum Gasteiger partial charge on any atom is 0.359 e. The van der Waals surface area contributed by atoms with Gasteiger partial charge in [-0.2, -0.15) is 8.42 Å². The standard InChI is InChI=1S/C9H11NO4S/c11-9(10-15(12,13)14)7-6-8-4-2-1-3-5-8/h1-5H,6-7H2,(H,10,11)(H,12,13,14). The Morgan fingerprint density at radius 1 is 1.27 bits per heavy atom. The topological polar surface area (TPSA) is 83.5 Å². The fourth-order valence-corrected chi connectivity index (χ4v) is 1.49. The Bertz CT molecular complexity index is 427. The Labute approximate surface area is 88.0 Å². The predicted octanol–water partition coefficient (Wildman–Crippen LogP) is 0.538. The molecule has 6 heteroatoms. The van der Waals surface area contributed by atoms with Gasteiger partial charge in [-0.3, -0.25) is 9.35 Å². The van der Waals surface area contributed by atoms with Crippen molar-refractivity contribution in [2.75, 3.05) is 0 Å². The minimum Gasteiger partial charge on any atom is -0.274 e. The SMILES string of the molecule is O=C(CCc1ccccc1)NS(=O)(=O)O. The second kappa shape index (κ2) is 4.90. The summed E-state index contributed by atoms with van der Waals surface area (Å²) in [5.74, 6) is -0.721. The van der Waals surface area contributed by atoms with Gasteiger partial charge >= 0.3 is 10.3 Å². The molecule has 1 amide bonds. The molecule has 0 unspecified atom stereocenters. The van der Waals surface area contributed by atoms with Crippen LogP contribution in [0.25, 0.3) is 0 Å². The first-order valence-corrected chi connectivity index (χ1v) is 5.73. The van der Waals surface area contributed by atoms with Crippen LogP contribution >= 0.6 is 0 Å². The highest BCUT2D eigenvalue weighted by Gasteiger charge is 2.09. The number of hydrogen-bond donors (Lipinski definition) is 2. The highest BCUT2D eigenvalue weighted by molar-refractivity contribution is 7.84. The Kier molecular flexibility index (Phi) is 3.81. The van der Waals surface area contributed by atoms with Crippen LogP contribution in [0.5, 0.6) is 0 Å². The molecule has 0 spiro atoms. The minimum absolute atomic E-state index is 0.0177. The van der Waals surface area contributed by atoms with Crippen LogP contribution in [-0.4, -0.2) is 18.9 Å². The number of carbonyl (C=O) groups excluding carboxylic acids is 1. The molecule has 0 atom stereocenters. The molecule has 0 aliphatic heterocycles. The third kappa shape index (κ3) is 5.14. The van der Waals surface area contributed by atoms with E-state index in [0.29, 0.717) is 6.42 Å². The van der Waals surface area contributed by atoms with Crippen LogP contribution in [0, 0.1) is 0 Å². The van der Waals surface area contributed by atoms with Gasteiger partial charge in [-0.05, 0) is 12.0 Å². The molecule has 1 aromatic rings. The number of hydrogen-bond acceptors (Lipinski definition) is 3. The largest absolute Gasteiger partial charge is 0.359 e. The molecule has 15 heavy (non-hydrogen) atoms. The minimum atomic E-state index is -4.43. The normalized spacial score (nSPS) is 11.0. The van der Waals surface area contributed by atoms with Gasteiger partial charge in [-0.1, -0.05) is 30.3 Å². The van der Waals surface area contributed by atoms with Crippen molar-refractivity contribution in [2.24, 2.45) is 0 Å². The van der Waals surface area contributed by atoms with Crippen LogP contribution in [0.3, 0.4) is 0 Å². The highest BCUT2D eigenvalue weighted by Crippen LogP contribution is 2.02. The Hall–Kier alpha value is -1.40. The van der Waals surface area contributed by atoms with E-state index in [0.717, 1.165) is 5.56 Å². The first kappa shape index (κ1) is 11.7. The monoisotopic (exact) mass is 229 g/mol. The average Bonchev–Trinajstić information content (AvgIpc) is 2.14. The van der Waals surface area contributed by atoms with Gasteiger partial charge in [0.2, 0.25) is 5.91 Å². The van der Waals surface area contributed by atoms with Crippen molar-refractivity contribution in [3.63, 3.8) is 0 Å². The van der Waals surface area contributed by atoms with E-state index in [1.807, 2.05) is 30.3 Å². The third-order valence-corrected chi connectivity index (χ3v) is 2.21. The van der Waals surface area contributed by atoms with Crippen molar-refractivity contribution in [1.29, 1.82) is 0 Å². The van der Waals surface area contributed by atoms with Crippen LogP contribution in [0.4, 0.5) is 0 Å². The quantitative estimate of drug-likeness (QED) is 0.738. The van der Waals surface area contributed by atoms with E-state index in [4.69, 9.17) is 4.55 Å². The number of aryl methyl sites for hydroxylation is 1. The smallest absolute Gasteiger partial charge is 0.274 e. The van der Waals surface area contributed by atoms with Gasteiger partial charge in [0.05, 0.1) is 0 Å². The van der Waals surface area contributed by atoms with Crippen molar-refractivity contribution in [3.8, 4) is 0 Å². The van der Waals surface area contributed by atoms with Crippen LogP contribution in [0.1, 0.15) is 12.0 Å². The molecule has 0 aromatic heterocycles. The summed E-state index contributed by atoms with van der Waals surface area (Å²) in [4.78, 5) is 11.0. The van der Waals surface area contributed by atoms with Crippen LogP contribution < -0.4 is 4.72 Å². The molecule has 0 fully saturated rings. The molecule has 2 N–H and O–H groups in total. The van der Waals surface area contributed by atoms with E-state index >= 15 is 0 Å². The van der Waals surface area contributed by atoms with Crippen molar-refractivity contribution >= 4 is 16.2 Å². The number of amides is 1. The molecule has 1 rings (SSSR count). The summed E-state index contributed by atoms with van der Waals surface area (Å²) in [7, 11) is -4.43. The molecule has 0 saturated carbocycles. The summed E-state index contributed by atoms with van der Waals surface area (Å²) in [6.07, 6.45) is 0.450. The molecule has 5 nitrogen and oxygen atoms in total. The number of carbonyl (C=O) groups is 1. The maximum absolute atomic E-state index is 11.0. The van der Waals surface area contributed by atoms with E-state index in [9.17, 15) is 13.2 Å². The van der Waals surface area contributed by atoms with Crippen molar-refractivity contribution in [2.45, 2.75) is 12.8 Å². The predicted molar refractivity (Wildman–Crippen MR) is 54.5 cm³/mol. The molecule has 0 heterocycles. The summed E-state index contributed by atoms with van der Waals surface area (Å²) >= 11 is 0. The van der Waals surface area contributed by atoms with Crippen LogP contribution in [0.15, 0.2) is 30.3 Å². The summed E-state index contributed by atoms with van der Waals surface area (Å²) in [6.45, 7) is 0. The van der Waals surface area contributed by atoms with Gasteiger partial charge in [0.25, 0.3) is 0 Å². The second-order valence-corrected chi connectivity index (χ2v) is 4.14. The molecule has 1 aromatic carbocycles. The lowest BCUT2D eigenvalue weighted by molar-refractivity contribution is -0.119. The van der Waals surface area contributed by atoms with Crippen molar-refractivity contribution in [1.82, 2.24) is 4.72 Å². The molecule has 0 aliphatic carbocycles. The molecule has 82 valence electrons. The second-order valence-electron chi connectivity index (χ2n) is 2.99. The first-order chi connectivity index (χ1) is 6.97. The maximum atomic E-state index is 11.0. The van der Waals surface area contributed by atoms with Crippen LogP contribution in [0.2, 0.25) is 0 Å². The van der Waals surface area contributed by atoms with Gasteiger partial charge in [-0.15, -0.1) is 0 Å². The summed E-state index contributed by atoms with van der Waals surface area (Å²) in [5, 5.41) is 0. The average molecular weight is 229 g/mol. The van der Waals surface area contributed by atoms with E-state index < -0.39 is 16.2 Å². The fraction of sp³-hybridized carbons (Fsp3) is 0.222. The van der Waals surface area contributed by atoms with Gasteiger partial charge in [0.1, 0.15) is 0 Å². The van der Waals surface area contributed by atoms with Crippen LogP contribution in [-0.2, 0) is 21.5 Å². The van der Waals surface area contributed by atoms with Gasteiger partial charge < -0.3 is 0 Å². The van der Waals surface area contributed by atoms with E-state index in [1.165, 1.54) is 4.72 Å². The van der Waals surface area contributed by atoms with E-state index in [1.54, 1.807) is 0 Å². The van der Waals surface area contributed by atoms with E-state index in [-0.39, 0.29) is 6.42 Å². The number of nitrogens with one attached hydrogen (secondary N) is 1. The lowest BCUT2D eigenvalue weighted by Gasteiger charge is -2.01. The van der Waals surface area contributed by atoms with Crippen molar-refractivity contribution < 1.29 is 17.8 Å². The van der Waals surface area contributed by atoms with Crippen molar-refractivity contribution in [3.05, 3.63) is 35.9 Å². The number of benzene rings is 1. The molecular weight excluding hydrogens is 218 g/mol. The Morgan fingerprint density at radius 3 is 2.40 bits per heavy atom. The number of rotatable bonds is 4.